The lowest BCUT2D eigenvalue weighted by Gasteiger charge is -2.04. The molecule has 3 nitrogen and oxygen atoms in total. The summed E-state index contributed by atoms with van der Waals surface area (Å²) in [5.41, 5.74) is 10.1. The lowest BCUT2D eigenvalue weighted by Crippen LogP contribution is -1.92. The molecule has 3 heteroatoms. The number of H-pyrrole nitrogens is 1. The molecule has 1 heterocycles. The standard InChI is InChI=1S/C11H13N3/c1-2-8-3-4-9(5-11(8)12)10-6-13-14-7-10/h3-7H,2,12H2,1H3,(H,13,14). The van der Waals surface area contributed by atoms with Gasteiger partial charge in [0.15, 0.2) is 0 Å². The van der Waals surface area contributed by atoms with Crippen molar-refractivity contribution in [1.29, 1.82) is 0 Å². The van der Waals surface area contributed by atoms with Crippen molar-refractivity contribution in [2.24, 2.45) is 0 Å². The lowest BCUT2D eigenvalue weighted by molar-refractivity contribution is 1.09. The Morgan fingerprint density at radius 2 is 2.21 bits per heavy atom. The van der Waals surface area contributed by atoms with Crippen molar-refractivity contribution in [2.45, 2.75) is 13.3 Å². The molecule has 0 saturated carbocycles. The van der Waals surface area contributed by atoms with E-state index in [0.29, 0.717) is 0 Å². The number of nitrogens with two attached hydrogens (primary N) is 1. The number of benzene rings is 1. The summed E-state index contributed by atoms with van der Waals surface area (Å²) in [6.07, 6.45) is 4.62. The van der Waals surface area contributed by atoms with Crippen LogP contribution < -0.4 is 5.73 Å². The minimum absolute atomic E-state index is 0.853. The van der Waals surface area contributed by atoms with Gasteiger partial charge in [-0.3, -0.25) is 5.10 Å². The first-order chi connectivity index (χ1) is 6.81. The van der Waals surface area contributed by atoms with Gasteiger partial charge in [0.25, 0.3) is 0 Å². The molecule has 0 aliphatic carbocycles. The minimum atomic E-state index is 0.853. The van der Waals surface area contributed by atoms with Crippen LogP contribution in [0.1, 0.15) is 12.5 Å². The summed E-state index contributed by atoms with van der Waals surface area (Å²) >= 11 is 0. The van der Waals surface area contributed by atoms with Gasteiger partial charge in [-0.05, 0) is 23.6 Å². The first-order valence-corrected chi connectivity index (χ1v) is 4.69. The number of aromatic nitrogens is 2. The highest BCUT2D eigenvalue weighted by atomic mass is 15.1. The zero-order valence-corrected chi connectivity index (χ0v) is 8.12. The molecule has 0 amide bonds. The molecule has 0 fully saturated rings. The third-order valence-corrected chi connectivity index (χ3v) is 2.36. The predicted octanol–water partition coefficient (Wildman–Crippen LogP) is 2.22. The van der Waals surface area contributed by atoms with Crippen LogP contribution in [0.15, 0.2) is 30.6 Å². The molecule has 0 unspecified atom stereocenters. The SMILES string of the molecule is CCc1ccc(-c2cn[nH]c2)cc1N. The second kappa shape index (κ2) is 3.54. The smallest absolute Gasteiger partial charge is 0.0565 e. The van der Waals surface area contributed by atoms with E-state index < -0.39 is 0 Å². The molecular weight excluding hydrogens is 174 g/mol. The summed E-state index contributed by atoms with van der Waals surface area (Å²) in [5, 5.41) is 6.69. The molecule has 2 aromatic rings. The van der Waals surface area contributed by atoms with E-state index in [4.69, 9.17) is 5.73 Å². The number of nitrogen functional groups attached to an aromatic ring is 1. The molecule has 0 saturated heterocycles. The Morgan fingerprint density at radius 3 is 2.79 bits per heavy atom. The highest BCUT2D eigenvalue weighted by Gasteiger charge is 2.01. The highest BCUT2D eigenvalue weighted by Crippen LogP contribution is 2.23. The van der Waals surface area contributed by atoms with Crippen molar-refractivity contribution in [2.75, 3.05) is 5.73 Å². The van der Waals surface area contributed by atoms with Crippen LogP contribution in [0.4, 0.5) is 5.69 Å². The summed E-state index contributed by atoms with van der Waals surface area (Å²) in [4.78, 5) is 0. The fraction of sp³-hybridized carbons (Fsp3) is 0.182. The van der Waals surface area contributed by atoms with Crippen molar-refractivity contribution in [3.8, 4) is 11.1 Å². The van der Waals surface area contributed by atoms with Crippen LogP contribution in [0.25, 0.3) is 11.1 Å². The maximum Gasteiger partial charge on any atom is 0.0565 e. The maximum atomic E-state index is 5.91. The Balaban J connectivity index is 2.43. The first-order valence-electron chi connectivity index (χ1n) is 4.69. The topological polar surface area (TPSA) is 54.7 Å². The number of aromatic amines is 1. The monoisotopic (exact) mass is 187 g/mol. The molecule has 0 aliphatic rings. The molecule has 0 atom stereocenters. The van der Waals surface area contributed by atoms with E-state index in [0.717, 1.165) is 23.2 Å². The molecule has 1 aromatic heterocycles. The minimum Gasteiger partial charge on any atom is -0.398 e. The summed E-state index contributed by atoms with van der Waals surface area (Å²) in [6.45, 7) is 2.10. The van der Waals surface area contributed by atoms with E-state index in [2.05, 4.69) is 29.3 Å². The fourth-order valence-corrected chi connectivity index (χ4v) is 1.51. The largest absolute Gasteiger partial charge is 0.398 e. The lowest BCUT2D eigenvalue weighted by atomic mass is 10.0. The van der Waals surface area contributed by atoms with Crippen molar-refractivity contribution in [1.82, 2.24) is 10.2 Å². The molecule has 0 bridgehead atoms. The van der Waals surface area contributed by atoms with E-state index in [1.54, 1.807) is 6.20 Å². The van der Waals surface area contributed by atoms with E-state index in [-0.39, 0.29) is 0 Å². The Kier molecular flexibility index (Phi) is 2.23. The molecular formula is C11H13N3. The van der Waals surface area contributed by atoms with Crippen molar-refractivity contribution >= 4 is 5.69 Å². The number of nitrogens with zero attached hydrogens (tertiary/aromatic N) is 1. The number of hydrogen-bond donors (Lipinski definition) is 2. The molecule has 72 valence electrons. The molecule has 2 rings (SSSR count). The van der Waals surface area contributed by atoms with Gasteiger partial charge in [0.05, 0.1) is 6.20 Å². The molecule has 14 heavy (non-hydrogen) atoms. The second-order valence-corrected chi connectivity index (χ2v) is 3.25. The van der Waals surface area contributed by atoms with E-state index >= 15 is 0 Å². The van der Waals surface area contributed by atoms with E-state index in [1.807, 2.05) is 12.3 Å². The van der Waals surface area contributed by atoms with Crippen LogP contribution in [0.2, 0.25) is 0 Å². The summed E-state index contributed by atoms with van der Waals surface area (Å²) in [7, 11) is 0. The number of hydrogen-bond acceptors (Lipinski definition) is 2. The summed E-state index contributed by atoms with van der Waals surface area (Å²) in [6, 6.07) is 6.13. The van der Waals surface area contributed by atoms with E-state index in [9.17, 15) is 0 Å². The average molecular weight is 187 g/mol. The predicted molar refractivity (Wildman–Crippen MR) is 57.8 cm³/mol. The van der Waals surface area contributed by atoms with Crippen molar-refractivity contribution < 1.29 is 0 Å². The number of aryl methyl sites for hydroxylation is 1. The zero-order valence-electron chi connectivity index (χ0n) is 8.12. The van der Waals surface area contributed by atoms with Crippen LogP contribution in [0, 0.1) is 0 Å². The van der Waals surface area contributed by atoms with Gasteiger partial charge in [-0.1, -0.05) is 19.1 Å². The maximum absolute atomic E-state index is 5.91. The normalized spacial score (nSPS) is 10.4. The van der Waals surface area contributed by atoms with E-state index in [1.165, 1.54) is 5.56 Å². The Labute approximate surface area is 83.0 Å². The van der Waals surface area contributed by atoms with Gasteiger partial charge in [0.2, 0.25) is 0 Å². The van der Waals surface area contributed by atoms with Crippen LogP contribution in [-0.2, 0) is 6.42 Å². The van der Waals surface area contributed by atoms with Gasteiger partial charge in [-0.2, -0.15) is 5.10 Å². The third-order valence-electron chi connectivity index (χ3n) is 2.36. The highest BCUT2D eigenvalue weighted by molar-refractivity contribution is 5.67. The van der Waals surface area contributed by atoms with Crippen LogP contribution in [0.5, 0.6) is 0 Å². The van der Waals surface area contributed by atoms with Gasteiger partial charge >= 0.3 is 0 Å². The van der Waals surface area contributed by atoms with Gasteiger partial charge in [0, 0.05) is 17.4 Å². The van der Waals surface area contributed by atoms with Crippen LogP contribution in [-0.4, -0.2) is 10.2 Å². The van der Waals surface area contributed by atoms with Crippen LogP contribution >= 0.6 is 0 Å². The van der Waals surface area contributed by atoms with Gasteiger partial charge in [-0.25, -0.2) is 0 Å². The zero-order chi connectivity index (χ0) is 9.97. The number of rotatable bonds is 2. The third kappa shape index (κ3) is 1.48. The Bertz CT molecular complexity index is 418. The van der Waals surface area contributed by atoms with Gasteiger partial charge < -0.3 is 5.73 Å². The van der Waals surface area contributed by atoms with Crippen molar-refractivity contribution in [3.05, 3.63) is 36.2 Å². The first kappa shape index (κ1) is 8.81. The molecule has 1 aromatic carbocycles. The summed E-state index contributed by atoms with van der Waals surface area (Å²) < 4.78 is 0. The quantitative estimate of drug-likeness (QED) is 0.708. The summed E-state index contributed by atoms with van der Waals surface area (Å²) in [5.74, 6) is 0. The van der Waals surface area contributed by atoms with Gasteiger partial charge in [-0.15, -0.1) is 0 Å². The second-order valence-electron chi connectivity index (χ2n) is 3.25. The Morgan fingerprint density at radius 1 is 1.36 bits per heavy atom. The molecule has 0 aliphatic heterocycles. The van der Waals surface area contributed by atoms with Crippen molar-refractivity contribution in [3.63, 3.8) is 0 Å². The average Bonchev–Trinajstić information content (AvgIpc) is 2.70. The number of anilines is 1. The fourth-order valence-electron chi connectivity index (χ4n) is 1.51. The van der Waals surface area contributed by atoms with Gasteiger partial charge in [0.1, 0.15) is 0 Å². The Hall–Kier alpha value is -1.77. The molecule has 3 N–H and O–H groups in total. The number of nitrogens with one attached hydrogen (secondary N) is 1. The van der Waals surface area contributed by atoms with Crippen LogP contribution in [0.3, 0.4) is 0 Å². The molecule has 0 spiro atoms. The molecule has 0 radical (unpaired) electrons.